The first-order chi connectivity index (χ1) is 15.0. The summed E-state index contributed by atoms with van der Waals surface area (Å²) in [5.41, 5.74) is 1.47. The zero-order valence-electron chi connectivity index (χ0n) is 16.6. The molecular weight excluding hydrogens is 396 g/mol. The summed E-state index contributed by atoms with van der Waals surface area (Å²) in [6, 6.07) is 17.8. The van der Waals surface area contributed by atoms with Gasteiger partial charge in [-0.3, -0.25) is 19.4 Å². The summed E-state index contributed by atoms with van der Waals surface area (Å²) in [5, 5.41) is 17.3. The molecule has 0 unspecified atom stereocenters. The maximum Gasteiger partial charge on any atom is 0.325 e. The van der Waals surface area contributed by atoms with Gasteiger partial charge in [0, 0.05) is 22.8 Å². The number of hydrogen-bond acceptors (Lipinski definition) is 6. The van der Waals surface area contributed by atoms with Gasteiger partial charge in [0.15, 0.2) is 5.78 Å². The monoisotopic (exact) mass is 414 g/mol. The third-order valence-electron chi connectivity index (χ3n) is 4.75. The molecule has 0 spiro atoms. The summed E-state index contributed by atoms with van der Waals surface area (Å²) in [5.74, 6) is -1.59. The Hall–Kier alpha value is -4.33. The van der Waals surface area contributed by atoms with Gasteiger partial charge in [-0.05, 0) is 31.2 Å². The zero-order valence-corrected chi connectivity index (χ0v) is 16.6. The molecule has 0 saturated heterocycles. The highest BCUT2D eigenvalue weighted by molar-refractivity contribution is 6.06. The van der Waals surface area contributed by atoms with Crippen molar-refractivity contribution >= 4 is 34.0 Å². The van der Waals surface area contributed by atoms with Crippen LogP contribution in [0.15, 0.2) is 71.7 Å². The lowest BCUT2D eigenvalue weighted by Crippen LogP contribution is -2.31. The average Bonchev–Trinajstić information content (AvgIpc) is 2.76. The number of carbonyl (C=O) groups is 2. The van der Waals surface area contributed by atoms with Crippen LogP contribution in [0.2, 0.25) is 0 Å². The van der Waals surface area contributed by atoms with Crippen LogP contribution in [0.25, 0.3) is 22.2 Å². The summed E-state index contributed by atoms with van der Waals surface area (Å²) in [6.45, 7) is 0.711. The van der Waals surface area contributed by atoms with E-state index >= 15 is 0 Å². The lowest BCUT2D eigenvalue weighted by Gasteiger charge is -2.17. The van der Waals surface area contributed by atoms with Crippen molar-refractivity contribution in [1.29, 1.82) is 0 Å². The van der Waals surface area contributed by atoms with Gasteiger partial charge in [0.2, 0.25) is 0 Å². The van der Waals surface area contributed by atoms with E-state index in [-0.39, 0.29) is 22.7 Å². The first kappa shape index (κ1) is 20.0. The van der Waals surface area contributed by atoms with Gasteiger partial charge in [0.05, 0.1) is 11.1 Å². The second-order valence-electron chi connectivity index (χ2n) is 6.88. The largest absolute Gasteiger partial charge is 0.480 e. The van der Waals surface area contributed by atoms with Crippen LogP contribution in [0.1, 0.15) is 17.3 Å². The van der Waals surface area contributed by atoms with Crippen molar-refractivity contribution in [1.82, 2.24) is 14.8 Å². The van der Waals surface area contributed by atoms with Crippen molar-refractivity contribution in [3.8, 4) is 11.3 Å². The Kier molecular flexibility index (Phi) is 5.28. The van der Waals surface area contributed by atoms with Gasteiger partial charge in [-0.15, -0.1) is 0 Å². The molecule has 8 nitrogen and oxygen atoms in total. The molecule has 4 rings (SSSR count). The molecule has 0 aliphatic carbocycles. The minimum Gasteiger partial charge on any atom is -0.480 e. The third-order valence-corrected chi connectivity index (χ3v) is 4.75. The number of pyridine rings is 1. The van der Waals surface area contributed by atoms with E-state index in [0.29, 0.717) is 16.8 Å². The van der Waals surface area contributed by atoms with Gasteiger partial charge in [0.1, 0.15) is 17.9 Å². The number of nitrogens with one attached hydrogen (secondary N) is 1. The van der Waals surface area contributed by atoms with Gasteiger partial charge >= 0.3 is 5.97 Å². The topological polar surface area (TPSA) is 114 Å². The van der Waals surface area contributed by atoms with E-state index in [1.807, 2.05) is 18.2 Å². The lowest BCUT2D eigenvalue weighted by molar-refractivity contribution is -0.137. The zero-order chi connectivity index (χ0) is 22.0. The number of carbonyl (C=O) groups excluding carboxylic acids is 1. The Balaban J connectivity index is 2.00. The molecule has 4 aromatic rings. The Morgan fingerprint density at radius 1 is 1.03 bits per heavy atom. The van der Waals surface area contributed by atoms with Crippen LogP contribution in [0, 0.1) is 0 Å². The number of benzene rings is 2. The average molecular weight is 414 g/mol. The predicted molar refractivity (Wildman–Crippen MR) is 117 cm³/mol. The predicted octanol–water partition coefficient (Wildman–Crippen LogP) is 3.49. The fourth-order valence-electron chi connectivity index (χ4n) is 3.41. The summed E-state index contributed by atoms with van der Waals surface area (Å²) >= 11 is 0. The number of anilines is 2. The first-order valence-corrected chi connectivity index (χ1v) is 9.49. The lowest BCUT2D eigenvalue weighted by atomic mass is 10.0. The SMILES string of the molecule is CC(=O)c1c(-c2ccccc2)nn(CC(=O)O)c(=O)c1Nc1cccc2ncccc12. The molecule has 2 aromatic heterocycles. The van der Waals surface area contributed by atoms with Crippen LogP contribution < -0.4 is 10.9 Å². The molecule has 31 heavy (non-hydrogen) atoms. The Bertz CT molecular complexity index is 1360. The summed E-state index contributed by atoms with van der Waals surface area (Å²) in [4.78, 5) is 41.4. The first-order valence-electron chi connectivity index (χ1n) is 9.49. The Labute approximate surface area is 176 Å². The van der Waals surface area contributed by atoms with Crippen LogP contribution in [-0.2, 0) is 11.3 Å². The van der Waals surface area contributed by atoms with Gasteiger partial charge in [-0.2, -0.15) is 5.10 Å². The number of hydrogen-bond donors (Lipinski definition) is 2. The maximum atomic E-state index is 13.2. The molecule has 0 aliphatic heterocycles. The van der Waals surface area contributed by atoms with Crippen molar-refractivity contribution in [2.45, 2.75) is 13.5 Å². The number of aromatic nitrogens is 3. The molecule has 0 saturated carbocycles. The standard InChI is InChI=1S/C23H18N4O4/c1-14(28)20-21(15-7-3-2-4-8-15)26-27(13-19(29)30)23(31)22(20)25-18-11-5-10-17-16(18)9-6-12-24-17/h2-12,25H,13H2,1H3,(H,29,30). The highest BCUT2D eigenvalue weighted by Gasteiger charge is 2.23. The number of nitrogens with zero attached hydrogens (tertiary/aromatic N) is 3. The van der Waals surface area contributed by atoms with Gasteiger partial charge < -0.3 is 10.4 Å². The van der Waals surface area contributed by atoms with E-state index in [9.17, 15) is 19.5 Å². The van der Waals surface area contributed by atoms with Crippen LogP contribution in [0.4, 0.5) is 11.4 Å². The van der Waals surface area contributed by atoms with Crippen molar-refractivity contribution in [3.05, 3.63) is 82.8 Å². The van der Waals surface area contributed by atoms with Gasteiger partial charge in [-0.25, -0.2) is 4.68 Å². The highest BCUT2D eigenvalue weighted by Crippen LogP contribution is 2.30. The molecule has 2 heterocycles. The number of aliphatic carboxylic acids is 1. The van der Waals surface area contributed by atoms with Gasteiger partial charge in [0.25, 0.3) is 5.56 Å². The molecule has 0 amide bonds. The van der Waals surface area contributed by atoms with E-state index in [2.05, 4.69) is 15.4 Å². The number of carboxylic acids is 1. The number of Topliss-reactive ketones (excluding diaryl/α,β-unsaturated/α-hetero) is 1. The highest BCUT2D eigenvalue weighted by atomic mass is 16.4. The van der Waals surface area contributed by atoms with E-state index in [4.69, 9.17) is 0 Å². The molecule has 2 N–H and O–H groups in total. The van der Waals surface area contributed by atoms with Crippen LogP contribution in [0.5, 0.6) is 0 Å². The van der Waals surface area contributed by atoms with Crippen molar-refractivity contribution in [3.63, 3.8) is 0 Å². The van der Waals surface area contributed by atoms with Crippen LogP contribution >= 0.6 is 0 Å². The molecule has 8 heteroatoms. The molecule has 2 aromatic carbocycles. The number of carboxylic acid groups (broad SMARTS) is 1. The van der Waals surface area contributed by atoms with Crippen LogP contribution in [0.3, 0.4) is 0 Å². The minimum absolute atomic E-state index is 0.0287. The van der Waals surface area contributed by atoms with E-state index < -0.39 is 18.1 Å². The van der Waals surface area contributed by atoms with Crippen molar-refractivity contribution < 1.29 is 14.7 Å². The molecule has 0 fully saturated rings. The summed E-state index contributed by atoms with van der Waals surface area (Å²) < 4.78 is 0.850. The quantitative estimate of drug-likeness (QED) is 0.464. The molecule has 0 bridgehead atoms. The summed E-state index contributed by atoms with van der Waals surface area (Å²) in [6.07, 6.45) is 1.66. The molecule has 0 aliphatic rings. The number of fused-ring (bicyclic) bond motifs is 1. The smallest absolute Gasteiger partial charge is 0.325 e. The van der Waals surface area contributed by atoms with E-state index in [1.165, 1.54) is 6.92 Å². The fraction of sp³-hybridized carbons (Fsp3) is 0.0870. The minimum atomic E-state index is -1.22. The summed E-state index contributed by atoms with van der Waals surface area (Å²) in [7, 11) is 0. The third kappa shape index (κ3) is 3.91. The van der Waals surface area contributed by atoms with Crippen molar-refractivity contribution in [2.24, 2.45) is 0 Å². The van der Waals surface area contributed by atoms with Gasteiger partial charge in [-0.1, -0.05) is 36.4 Å². The van der Waals surface area contributed by atoms with Crippen molar-refractivity contribution in [2.75, 3.05) is 5.32 Å². The Morgan fingerprint density at radius 2 is 1.81 bits per heavy atom. The molecule has 154 valence electrons. The van der Waals surface area contributed by atoms with Crippen LogP contribution in [-0.4, -0.2) is 31.6 Å². The fourth-order valence-corrected chi connectivity index (χ4v) is 3.41. The second-order valence-corrected chi connectivity index (χ2v) is 6.88. The maximum absolute atomic E-state index is 13.2. The molecular formula is C23H18N4O4. The van der Waals surface area contributed by atoms with E-state index in [0.717, 1.165) is 10.1 Å². The van der Waals surface area contributed by atoms with E-state index in [1.54, 1.807) is 48.7 Å². The second kappa shape index (κ2) is 8.19. The molecule has 0 atom stereocenters. The normalized spacial score (nSPS) is 10.7. The molecule has 0 radical (unpaired) electrons. The number of ketones is 1. The number of rotatable bonds is 6. The Morgan fingerprint density at radius 3 is 2.52 bits per heavy atom.